The Balaban J connectivity index is 1.29. The van der Waals surface area contributed by atoms with E-state index in [1.165, 1.54) is 0 Å². The Labute approximate surface area is 305 Å². The van der Waals surface area contributed by atoms with Gasteiger partial charge in [-0.2, -0.15) is 0 Å². The van der Waals surface area contributed by atoms with E-state index in [2.05, 4.69) is 24.3 Å². The van der Waals surface area contributed by atoms with Crippen LogP contribution in [0.25, 0.3) is 109 Å². The zero-order valence-corrected chi connectivity index (χ0v) is 27.1. The van der Waals surface area contributed by atoms with Gasteiger partial charge in [-0.3, -0.25) is 0 Å². The van der Waals surface area contributed by atoms with E-state index in [1.54, 1.807) is 0 Å². The molecule has 1 heterocycles. The van der Waals surface area contributed by atoms with Gasteiger partial charge >= 0.3 is 0 Å². The fraction of sp³-hybridized carbons (Fsp3) is 0. The van der Waals surface area contributed by atoms with Crippen molar-refractivity contribution in [3.8, 4) is 33.4 Å². The zero-order chi connectivity index (χ0) is 40.4. The van der Waals surface area contributed by atoms with Crippen LogP contribution in [0.2, 0.25) is 0 Å². The lowest BCUT2D eigenvalue weighted by Gasteiger charge is -2.20. The Hall–Kier alpha value is -6.70. The number of rotatable bonds is 3. The third-order valence-electron chi connectivity index (χ3n) is 10.3. The minimum Gasteiger partial charge on any atom is -0.455 e. The molecule has 0 spiro atoms. The Morgan fingerprint density at radius 1 is 0.373 bits per heavy atom. The molecule has 1 heteroatoms. The van der Waals surface area contributed by atoms with Gasteiger partial charge in [0, 0.05) is 16.3 Å². The SMILES string of the molecule is [2H]c1c([2H])c([2H])c2c(-c3ccc(-c4cccc5c4oc4ccc6ccccc6c45)c4ccccc34)c3c([2H])c([2H])c([2H])c([2H])c3c(-c3ccc4ccccc4c3)c2c1[2H]. The summed E-state index contributed by atoms with van der Waals surface area (Å²) < 4.78 is 80.0. The van der Waals surface area contributed by atoms with Crippen molar-refractivity contribution in [1.82, 2.24) is 0 Å². The molecule has 1 nitrogen and oxygen atoms in total. The van der Waals surface area contributed by atoms with Gasteiger partial charge < -0.3 is 4.42 Å². The summed E-state index contributed by atoms with van der Waals surface area (Å²) in [7, 11) is 0. The second-order valence-electron chi connectivity index (χ2n) is 13.0. The lowest BCUT2D eigenvalue weighted by atomic mass is 9.83. The standard InChI is InChI=1S/C50H30O/c1-2-14-33-30-34(25-24-31(33)12-1)47-39-18-7-9-20-41(39)48(42-21-10-8-19-40(42)47)43-28-27-38(36-16-5-6-17-37(36)43)44-22-11-23-45-49-35-15-4-3-13-32(35)26-29-46(49)51-50(44)45/h1-30H/i7D,8D,9D,10D,18D,19D,20D,21D. The molecule has 0 atom stereocenters. The number of fused-ring (bicyclic) bond motifs is 9. The van der Waals surface area contributed by atoms with Gasteiger partial charge in [0.2, 0.25) is 0 Å². The van der Waals surface area contributed by atoms with Crippen molar-refractivity contribution < 1.29 is 15.4 Å². The first-order chi connectivity index (χ1) is 28.6. The molecular formula is C50H30O. The van der Waals surface area contributed by atoms with Gasteiger partial charge in [-0.1, -0.05) is 170 Å². The maximum Gasteiger partial charge on any atom is 0.143 e. The predicted molar refractivity (Wildman–Crippen MR) is 218 cm³/mol. The molecule has 10 aromatic carbocycles. The van der Waals surface area contributed by atoms with E-state index in [0.29, 0.717) is 22.3 Å². The van der Waals surface area contributed by atoms with Crippen molar-refractivity contribution in [2.75, 3.05) is 0 Å². The molecule has 0 aliphatic heterocycles. The summed E-state index contributed by atoms with van der Waals surface area (Å²) in [4.78, 5) is 0. The average Bonchev–Trinajstić information content (AvgIpc) is 3.67. The predicted octanol–water partition coefficient (Wildman–Crippen LogP) is 14.4. The molecule has 0 radical (unpaired) electrons. The van der Waals surface area contributed by atoms with Gasteiger partial charge in [-0.15, -0.1) is 0 Å². The molecule has 51 heavy (non-hydrogen) atoms. The summed E-state index contributed by atoms with van der Waals surface area (Å²) in [6, 6.07) is 40.7. The number of benzene rings is 10. The van der Waals surface area contributed by atoms with Crippen molar-refractivity contribution in [2.24, 2.45) is 0 Å². The lowest BCUT2D eigenvalue weighted by molar-refractivity contribution is 0.670. The van der Waals surface area contributed by atoms with Crippen LogP contribution in [0, 0.1) is 0 Å². The van der Waals surface area contributed by atoms with Crippen molar-refractivity contribution in [1.29, 1.82) is 0 Å². The van der Waals surface area contributed by atoms with E-state index in [4.69, 9.17) is 9.90 Å². The molecule has 0 aliphatic carbocycles. The van der Waals surface area contributed by atoms with Gasteiger partial charge in [0.1, 0.15) is 11.2 Å². The summed E-state index contributed by atoms with van der Waals surface area (Å²) in [5, 5.41) is 8.39. The van der Waals surface area contributed by atoms with Gasteiger partial charge in [0.15, 0.2) is 0 Å². The lowest BCUT2D eigenvalue weighted by Crippen LogP contribution is -1.92. The molecule has 0 fully saturated rings. The van der Waals surface area contributed by atoms with Crippen LogP contribution in [-0.4, -0.2) is 0 Å². The van der Waals surface area contributed by atoms with Crippen LogP contribution in [0.4, 0.5) is 0 Å². The molecule has 11 aromatic rings. The average molecular weight is 655 g/mol. The zero-order valence-electron chi connectivity index (χ0n) is 35.1. The largest absolute Gasteiger partial charge is 0.455 e. The second kappa shape index (κ2) is 10.9. The van der Waals surface area contributed by atoms with Gasteiger partial charge in [0.25, 0.3) is 0 Å². The molecule has 0 saturated carbocycles. The fourth-order valence-corrected chi connectivity index (χ4v) is 8.06. The Morgan fingerprint density at radius 3 is 1.69 bits per heavy atom. The summed E-state index contributed by atoms with van der Waals surface area (Å²) >= 11 is 0. The first-order valence-electron chi connectivity index (χ1n) is 20.9. The van der Waals surface area contributed by atoms with Crippen LogP contribution in [0.3, 0.4) is 0 Å². The van der Waals surface area contributed by atoms with Crippen molar-refractivity contribution >= 4 is 75.8 Å². The topological polar surface area (TPSA) is 13.1 Å². The third kappa shape index (κ3) is 4.16. The molecule has 0 saturated heterocycles. The van der Waals surface area contributed by atoms with Gasteiger partial charge in [-0.25, -0.2) is 0 Å². The van der Waals surface area contributed by atoms with E-state index < -0.39 is 24.2 Å². The molecule has 0 bridgehead atoms. The van der Waals surface area contributed by atoms with Gasteiger partial charge in [0.05, 0.1) is 11.0 Å². The Kier molecular flexibility index (Phi) is 4.57. The van der Waals surface area contributed by atoms with Crippen LogP contribution in [0.15, 0.2) is 186 Å². The minimum absolute atomic E-state index is 0.181. The van der Waals surface area contributed by atoms with E-state index in [-0.39, 0.29) is 45.7 Å². The molecule has 0 amide bonds. The fourth-order valence-electron chi connectivity index (χ4n) is 8.06. The highest BCUT2D eigenvalue weighted by Gasteiger charge is 2.21. The normalized spacial score (nSPS) is 14.1. The molecule has 1 aromatic heterocycles. The van der Waals surface area contributed by atoms with E-state index in [1.807, 2.05) is 109 Å². The number of para-hydroxylation sites is 1. The van der Waals surface area contributed by atoms with Crippen LogP contribution in [0.5, 0.6) is 0 Å². The van der Waals surface area contributed by atoms with Crippen molar-refractivity contribution in [2.45, 2.75) is 0 Å². The summed E-state index contributed by atoms with van der Waals surface area (Å²) in [5.41, 5.74) is 5.05. The smallest absolute Gasteiger partial charge is 0.143 e. The highest BCUT2D eigenvalue weighted by molar-refractivity contribution is 6.25. The Bertz CT molecular complexity index is 3580. The highest BCUT2D eigenvalue weighted by atomic mass is 16.3. The van der Waals surface area contributed by atoms with Crippen molar-refractivity contribution in [3.63, 3.8) is 0 Å². The second-order valence-corrected chi connectivity index (χ2v) is 13.0. The highest BCUT2D eigenvalue weighted by Crippen LogP contribution is 2.48. The molecular weight excluding hydrogens is 617 g/mol. The Morgan fingerprint density at radius 2 is 0.941 bits per heavy atom. The minimum atomic E-state index is -0.432. The molecule has 0 aliphatic rings. The maximum atomic E-state index is 9.49. The third-order valence-corrected chi connectivity index (χ3v) is 10.3. The number of hydrogen-bond donors (Lipinski definition) is 0. The van der Waals surface area contributed by atoms with Gasteiger partial charge in [-0.05, 0) is 93.8 Å². The van der Waals surface area contributed by atoms with Crippen LogP contribution in [-0.2, 0) is 0 Å². The first kappa shape index (κ1) is 21.4. The quantitative estimate of drug-likeness (QED) is 0.173. The van der Waals surface area contributed by atoms with E-state index in [0.717, 1.165) is 65.4 Å². The molecule has 236 valence electrons. The summed E-state index contributed by atoms with van der Waals surface area (Å²) in [6.45, 7) is 0. The van der Waals surface area contributed by atoms with Crippen LogP contribution < -0.4 is 0 Å². The van der Waals surface area contributed by atoms with Crippen LogP contribution in [0.1, 0.15) is 11.0 Å². The molecule has 11 rings (SSSR count). The molecule has 0 unspecified atom stereocenters. The summed E-state index contributed by atoms with van der Waals surface area (Å²) in [5.74, 6) is 0. The molecule has 0 N–H and O–H groups in total. The first-order valence-corrected chi connectivity index (χ1v) is 16.9. The van der Waals surface area contributed by atoms with E-state index >= 15 is 0 Å². The monoisotopic (exact) mass is 654 g/mol. The summed E-state index contributed by atoms with van der Waals surface area (Å²) in [6.07, 6.45) is 0. The number of furan rings is 1. The van der Waals surface area contributed by atoms with E-state index in [9.17, 15) is 5.48 Å². The maximum absolute atomic E-state index is 9.49. The number of hydrogen-bond acceptors (Lipinski definition) is 1. The van der Waals surface area contributed by atoms with Crippen molar-refractivity contribution in [3.05, 3.63) is 182 Å². The van der Waals surface area contributed by atoms with Crippen LogP contribution >= 0.6 is 0 Å².